The molecule has 0 spiro atoms. The van der Waals surface area contributed by atoms with E-state index in [1.807, 2.05) is 11.4 Å². The van der Waals surface area contributed by atoms with Gasteiger partial charge in [0.15, 0.2) is 5.82 Å². The maximum absolute atomic E-state index is 13.4. The molecule has 0 unspecified atom stereocenters. The third kappa shape index (κ3) is 4.11. The highest BCUT2D eigenvalue weighted by Crippen LogP contribution is 2.33. The van der Waals surface area contributed by atoms with E-state index < -0.39 is 0 Å². The van der Waals surface area contributed by atoms with E-state index in [4.69, 9.17) is 4.98 Å². The number of hydrogen-bond donors (Lipinski definition) is 1. The topological polar surface area (TPSA) is 71.0 Å². The summed E-state index contributed by atoms with van der Waals surface area (Å²) in [6, 6.07) is 6.32. The van der Waals surface area contributed by atoms with Crippen molar-refractivity contribution in [2.75, 3.05) is 18.4 Å². The van der Waals surface area contributed by atoms with Crippen LogP contribution in [-0.4, -0.2) is 39.0 Å². The maximum Gasteiger partial charge on any atom is 0.323 e. The van der Waals surface area contributed by atoms with Crippen molar-refractivity contribution in [1.82, 2.24) is 19.9 Å². The van der Waals surface area contributed by atoms with E-state index in [1.165, 1.54) is 18.3 Å². The first-order valence-corrected chi connectivity index (χ1v) is 9.60. The number of likely N-dealkylation sites (tertiary alicyclic amines) is 1. The number of urea groups is 1. The van der Waals surface area contributed by atoms with Crippen molar-refractivity contribution < 1.29 is 9.18 Å². The molecule has 2 amide bonds. The summed E-state index contributed by atoms with van der Waals surface area (Å²) in [5.74, 6) is 0.506. The molecule has 0 radical (unpaired) electrons. The Labute approximate surface area is 160 Å². The van der Waals surface area contributed by atoms with E-state index >= 15 is 0 Å². The fourth-order valence-corrected chi connectivity index (χ4v) is 4.14. The second-order valence-corrected chi connectivity index (χ2v) is 7.25. The number of anilines is 1. The van der Waals surface area contributed by atoms with E-state index in [9.17, 15) is 9.18 Å². The Kier molecular flexibility index (Phi) is 5.06. The average Bonchev–Trinajstić information content (AvgIpc) is 3.19. The first kappa shape index (κ1) is 17.5. The Bertz CT molecular complexity index is 925. The third-order valence-electron chi connectivity index (χ3n) is 4.57. The van der Waals surface area contributed by atoms with Crippen LogP contribution in [0.2, 0.25) is 0 Å². The van der Waals surface area contributed by atoms with Crippen LogP contribution in [0.5, 0.6) is 0 Å². The molecule has 0 aliphatic carbocycles. The Balaban J connectivity index is 1.36. The van der Waals surface area contributed by atoms with Crippen LogP contribution in [0.1, 0.15) is 23.8 Å². The molecule has 0 atom stereocenters. The molecule has 1 fully saturated rings. The monoisotopic (exact) mass is 383 g/mol. The van der Waals surface area contributed by atoms with Crippen molar-refractivity contribution in [3.63, 3.8) is 0 Å². The standard InChI is InChI=1S/C19H18FN5OS/c20-15-3-1-2-14(10-15)16-12-27-18(23-16)13-4-8-25(9-5-13)19(26)24-17-11-21-6-7-22-17/h1-3,6-7,10-13H,4-5,8-9H2,(H,22,24,26). The zero-order valence-corrected chi connectivity index (χ0v) is 15.3. The highest BCUT2D eigenvalue weighted by molar-refractivity contribution is 7.10. The number of thiazole rings is 1. The number of carbonyl (C=O) groups excluding carboxylic acids is 1. The van der Waals surface area contributed by atoms with Crippen LogP contribution in [0.25, 0.3) is 11.3 Å². The quantitative estimate of drug-likeness (QED) is 0.738. The first-order chi connectivity index (χ1) is 13.2. The molecule has 1 aliphatic heterocycles. The molecule has 0 saturated carbocycles. The Morgan fingerprint density at radius 3 is 2.85 bits per heavy atom. The van der Waals surface area contributed by atoms with Gasteiger partial charge in [0.05, 0.1) is 16.9 Å². The van der Waals surface area contributed by atoms with E-state index in [0.29, 0.717) is 24.8 Å². The van der Waals surface area contributed by atoms with Crippen LogP contribution in [-0.2, 0) is 0 Å². The van der Waals surface area contributed by atoms with Crippen LogP contribution in [0, 0.1) is 5.82 Å². The number of nitrogens with one attached hydrogen (secondary N) is 1. The van der Waals surface area contributed by atoms with Crippen LogP contribution < -0.4 is 5.32 Å². The molecule has 27 heavy (non-hydrogen) atoms. The second kappa shape index (κ2) is 7.79. The number of piperidine rings is 1. The van der Waals surface area contributed by atoms with Crippen LogP contribution >= 0.6 is 11.3 Å². The number of rotatable bonds is 3. The van der Waals surface area contributed by atoms with Crippen molar-refractivity contribution in [3.8, 4) is 11.3 Å². The normalized spacial score (nSPS) is 14.9. The number of aromatic nitrogens is 3. The zero-order valence-electron chi connectivity index (χ0n) is 14.5. The molecule has 4 rings (SSSR count). The molecule has 6 nitrogen and oxygen atoms in total. The van der Waals surface area contributed by atoms with Gasteiger partial charge in [-0.2, -0.15) is 0 Å². The summed E-state index contributed by atoms with van der Waals surface area (Å²) in [6.07, 6.45) is 6.33. The summed E-state index contributed by atoms with van der Waals surface area (Å²) in [5, 5.41) is 5.78. The van der Waals surface area contributed by atoms with Gasteiger partial charge < -0.3 is 4.90 Å². The summed E-state index contributed by atoms with van der Waals surface area (Å²) >= 11 is 1.60. The number of benzene rings is 1. The van der Waals surface area contributed by atoms with Gasteiger partial charge in [0.2, 0.25) is 0 Å². The molecule has 3 aromatic rings. The molecule has 1 saturated heterocycles. The van der Waals surface area contributed by atoms with Crippen LogP contribution in [0.3, 0.4) is 0 Å². The van der Waals surface area contributed by atoms with E-state index in [-0.39, 0.29) is 11.8 Å². The highest BCUT2D eigenvalue weighted by atomic mass is 32.1. The fraction of sp³-hybridized carbons (Fsp3) is 0.263. The average molecular weight is 383 g/mol. The molecule has 0 bridgehead atoms. The van der Waals surface area contributed by atoms with E-state index in [0.717, 1.165) is 29.1 Å². The number of halogens is 1. The molecule has 3 heterocycles. The first-order valence-electron chi connectivity index (χ1n) is 8.72. The minimum absolute atomic E-state index is 0.159. The number of carbonyl (C=O) groups is 1. The van der Waals surface area contributed by atoms with Gasteiger partial charge in [0, 0.05) is 42.3 Å². The lowest BCUT2D eigenvalue weighted by Crippen LogP contribution is -2.40. The summed E-state index contributed by atoms with van der Waals surface area (Å²) in [7, 11) is 0. The van der Waals surface area contributed by atoms with Gasteiger partial charge in [-0.1, -0.05) is 12.1 Å². The van der Waals surface area contributed by atoms with Crippen molar-refractivity contribution in [3.05, 3.63) is 59.1 Å². The molecule has 1 N–H and O–H groups in total. The van der Waals surface area contributed by atoms with Crippen molar-refractivity contribution >= 4 is 23.2 Å². The molecule has 8 heteroatoms. The van der Waals surface area contributed by atoms with E-state index in [2.05, 4.69) is 15.3 Å². The van der Waals surface area contributed by atoms with E-state index in [1.54, 1.807) is 34.7 Å². The molecule has 2 aromatic heterocycles. The number of amides is 2. The second-order valence-electron chi connectivity index (χ2n) is 6.36. The Hall–Kier alpha value is -2.87. The highest BCUT2D eigenvalue weighted by Gasteiger charge is 2.26. The van der Waals surface area contributed by atoms with Crippen molar-refractivity contribution in [1.29, 1.82) is 0 Å². The van der Waals surface area contributed by atoms with Gasteiger partial charge in [0.25, 0.3) is 0 Å². The van der Waals surface area contributed by atoms with Crippen LogP contribution in [0.15, 0.2) is 48.2 Å². The Morgan fingerprint density at radius 1 is 1.26 bits per heavy atom. The van der Waals surface area contributed by atoms with Gasteiger partial charge in [-0.25, -0.2) is 19.2 Å². The SMILES string of the molecule is O=C(Nc1cnccn1)N1CCC(c2nc(-c3cccc(F)c3)cs2)CC1. The maximum atomic E-state index is 13.4. The lowest BCUT2D eigenvalue weighted by Gasteiger charge is -2.30. The van der Waals surface area contributed by atoms with Gasteiger partial charge in [-0.05, 0) is 25.0 Å². The number of nitrogens with zero attached hydrogens (tertiary/aromatic N) is 4. The predicted molar refractivity (Wildman–Crippen MR) is 102 cm³/mol. The predicted octanol–water partition coefficient (Wildman–Crippen LogP) is 4.15. The largest absolute Gasteiger partial charge is 0.324 e. The van der Waals surface area contributed by atoms with Crippen LogP contribution in [0.4, 0.5) is 15.0 Å². The fourth-order valence-electron chi connectivity index (χ4n) is 3.14. The zero-order chi connectivity index (χ0) is 18.6. The van der Waals surface area contributed by atoms with Crippen molar-refractivity contribution in [2.45, 2.75) is 18.8 Å². The lowest BCUT2D eigenvalue weighted by molar-refractivity contribution is 0.194. The van der Waals surface area contributed by atoms with Crippen molar-refractivity contribution in [2.24, 2.45) is 0 Å². The molecule has 1 aromatic carbocycles. The summed E-state index contributed by atoms with van der Waals surface area (Å²) < 4.78 is 13.4. The summed E-state index contributed by atoms with van der Waals surface area (Å²) in [6.45, 7) is 1.32. The molecular formula is C19H18FN5OS. The Morgan fingerprint density at radius 2 is 2.11 bits per heavy atom. The minimum Gasteiger partial charge on any atom is -0.324 e. The molecule has 138 valence electrons. The molecule has 1 aliphatic rings. The molecular weight excluding hydrogens is 365 g/mol. The van der Waals surface area contributed by atoms with Gasteiger partial charge in [-0.15, -0.1) is 11.3 Å². The summed E-state index contributed by atoms with van der Waals surface area (Å²) in [5.41, 5.74) is 1.59. The summed E-state index contributed by atoms with van der Waals surface area (Å²) in [4.78, 5) is 26.8. The lowest BCUT2D eigenvalue weighted by atomic mass is 9.98. The van der Waals surface area contributed by atoms with Gasteiger partial charge >= 0.3 is 6.03 Å². The van der Waals surface area contributed by atoms with Gasteiger partial charge in [-0.3, -0.25) is 10.3 Å². The van der Waals surface area contributed by atoms with Gasteiger partial charge in [0.1, 0.15) is 5.82 Å². The minimum atomic E-state index is -0.260. The third-order valence-corrected chi connectivity index (χ3v) is 5.58. The number of hydrogen-bond acceptors (Lipinski definition) is 5. The smallest absolute Gasteiger partial charge is 0.323 e.